The standard InChI is InChI=1S/C23H18FN3O2S/c1-29-19-7-6-14(9-18(19)24)23(28)27-16-8-15(12-25)22(26)17(11-16)21-10-13-4-2-3-5-20(13)30-21/h2-12,25H,26H2,1H3,(H,27,28). The third kappa shape index (κ3) is 3.62. The molecule has 0 aliphatic carbocycles. The third-order valence-corrected chi connectivity index (χ3v) is 5.88. The van der Waals surface area contributed by atoms with Crippen LogP contribution in [-0.2, 0) is 0 Å². The molecule has 1 amide bonds. The van der Waals surface area contributed by atoms with Gasteiger partial charge in [0.15, 0.2) is 11.6 Å². The molecule has 4 N–H and O–H groups in total. The van der Waals surface area contributed by atoms with E-state index in [1.54, 1.807) is 23.5 Å². The van der Waals surface area contributed by atoms with Crippen LogP contribution in [0.25, 0.3) is 20.5 Å². The minimum absolute atomic E-state index is 0.0668. The third-order valence-electron chi connectivity index (χ3n) is 4.73. The average Bonchev–Trinajstić information content (AvgIpc) is 3.18. The van der Waals surface area contributed by atoms with Crippen molar-refractivity contribution in [3.8, 4) is 16.2 Å². The normalized spacial score (nSPS) is 10.7. The van der Waals surface area contributed by atoms with E-state index >= 15 is 0 Å². The van der Waals surface area contributed by atoms with Crippen LogP contribution < -0.4 is 15.8 Å². The van der Waals surface area contributed by atoms with Gasteiger partial charge in [-0.25, -0.2) is 4.39 Å². The van der Waals surface area contributed by atoms with Gasteiger partial charge in [0, 0.05) is 43.9 Å². The van der Waals surface area contributed by atoms with Crippen molar-refractivity contribution in [1.29, 1.82) is 5.41 Å². The van der Waals surface area contributed by atoms with E-state index in [2.05, 4.69) is 5.32 Å². The van der Waals surface area contributed by atoms with Gasteiger partial charge in [0.05, 0.1) is 7.11 Å². The molecule has 150 valence electrons. The molecule has 30 heavy (non-hydrogen) atoms. The Morgan fingerprint density at radius 3 is 2.67 bits per heavy atom. The first kappa shape index (κ1) is 19.6. The largest absolute Gasteiger partial charge is 0.494 e. The molecule has 7 heteroatoms. The second kappa shape index (κ2) is 7.96. The van der Waals surface area contributed by atoms with E-state index in [1.807, 2.05) is 30.3 Å². The van der Waals surface area contributed by atoms with Gasteiger partial charge in [0.2, 0.25) is 0 Å². The molecule has 1 aromatic heterocycles. The summed E-state index contributed by atoms with van der Waals surface area (Å²) >= 11 is 1.58. The highest BCUT2D eigenvalue weighted by Crippen LogP contribution is 2.39. The number of nitrogens with two attached hydrogens (primary N) is 1. The summed E-state index contributed by atoms with van der Waals surface area (Å²) in [4.78, 5) is 13.6. The summed E-state index contributed by atoms with van der Waals surface area (Å²) in [5.41, 5.74) is 8.60. The van der Waals surface area contributed by atoms with Crippen LogP contribution in [0, 0.1) is 11.2 Å². The summed E-state index contributed by atoms with van der Waals surface area (Å²) in [6.45, 7) is 0. The van der Waals surface area contributed by atoms with Gasteiger partial charge in [0.25, 0.3) is 5.91 Å². The van der Waals surface area contributed by atoms with Gasteiger partial charge in [-0.2, -0.15) is 0 Å². The fraction of sp³-hybridized carbons (Fsp3) is 0.0435. The van der Waals surface area contributed by atoms with E-state index < -0.39 is 11.7 Å². The number of nitrogens with one attached hydrogen (secondary N) is 2. The maximum Gasteiger partial charge on any atom is 0.255 e. The number of amides is 1. The zero-order valence-corrected chi connectivity index (χ0v) is 16.8. The molecular formula is C23H18FN3O2S. The Kier molecular flexibility index (Phi) is 5.20. The molecule has 0 bridgehead atoms. The van der Waals surface area contributed by atoms with Crippen LogP contribution in [0.15, 0.2) is 60.7 Å². The predicted molar refractivity (Wildman–Crippen MR) is 120 cm³/mol. The predicted octanol–water partition coefficient (Wildman–Crippen LogP) is 5.55. The minimum Gasteiger partial charge on any atom is -0.494 e. The molecule has 4 aromatic rings. The number of thiophene rings is 1. The number of hydrogen-bond acceptors (Lipinski definition) is 5. The van der Waals surface area contributed by atoms with Crippen LogP contribution in [0.2, 0.25) is 0 Å². The average molecular weight is 419 g/mol. The smallest absolute Gasteiger partial charge is 0.255 e. The number of carbonyl (C=O) groups is 1. The van der Waals surface area contributed by atoms with Gasteiger partial charge in [-0.1, -0.05) is 18.2 Å². The summed E-state index contributed by atoms with van der Waals surface area (Å²) in [7, 11) is 1.36. The maximum atomic E-state index is 14.0. The van der Waals surface area contributed by atoms with Gasteiger partial charge in [-0.3, -0.25) is 4.79 Å². The highest BCUT2D eigenvalue weighted by Gasteiger charge is 2.15. The molecule has 0 spiro atoms. The van der Waals surface area contributed by atoms with E-state index in [1.165, 1.54) is 19.2 Å². The fourth-order valence-electron chi connectivity index (χ4n) is 3.20. The Morgan fingerprint density at radius 1 is 1.17 bits per heavy atom. The summed E-state index contributed by atoms with van der Waals surface area (Å²) in [6, 6.07) is 17.4. The molecule has 0 saturated heterocycles. The van der Waals surface area contributed by atoms with Crippen molar-refractivity contribution in [2.75, 3.05) is 18.2 Å². The summed E-state index contributed by atoms with van der Waals surface area (Å²) < 4.78 is 20.0. The molecule has 0 saturated carbocycles. The fourth-order valence-corrected chi connectivity index (χ4v) is 4.29. The van der Waals surface area contributed by atoms with Gasteiger partial charge in [-0.15, -0.1) is 11.3 Å². The molecule has 5 nitrogen and oxygen atoms in total. The summed E-state index contributed by atoms with van der Waals surface area (Å²) in [6.07, 6.45) is 1.15. The lowest BCUT2D eigenvalue weighted by Crippen LogP contribution is -2.13. The molecule has 4 rings (SSSR count). The summed E-state index contributed by atoms with van der Waals surface area (Å²) in [5.74, 6) is -1.02. The quantitative estimate of drug-likeness (QED) is 0.293. The number of carbonyl (C=O) groups excluding carboxylic acids is 1. The molecular weight excluding hydrogens is 401 g/mol. The molecule has 0 atom stereocenters. The molecule has 0 aliphatic heterocycles. The van der Waals surface area contributed by atoms with Crippen LogP contribution >= 0.6 is 11.3 Å². The van der Waals surface area contributed by atoms with E-state index in [9.17, 15) is 9.18 Å². The second-order valence-electron chi connectivity index (χ2n) is 6.62. The first-order chi connectivity index (χ1) is 14.5. The number of hydrogen-bond donors (Lipinski definition) is 3. The SMILES string of the molecule is COc1ccc(C(=O)Nc2cc(C=N)c(N)c(-c3cc4ccccc4s3)c2)cc1F. The van der Waals surface area contributed by atoms with Crippen molar-refractivity contribution in [2.45, 2.75) is 0 Å². The van der Waals surface area contributed by atoms with Crippen molar-refractivity contribution in [3.63, 3.8) is 0 Å². The zero-order valence-electron chi connectivity index (χ0n) is 16.0. The molecule has 0 radical (unpaired) electrons. The van der Waals surface area contributed by atoms with Gasteiger partial charge in [0.1, 0.15) is 0 Å². The molecule has 3 aromatic carbocycles. The number of fused-ring (bicyclic) bond motifs is 1. The zero-order chi connectivity index (χ0) is 21.3. The monoisotopic (exact) mass is 419 g/mol. The van der Waals surface area contributed by atoms with E-state index in [0.29, 0.717) is 16.9 Å². The van der Waals surface area contributed by atoms with Gasteiger partial charge in [-0.05, 0) is 47.9 Å². The van der Waals surface area contributed by atoms with Crippen LogP contribution in [-0.4, -0.2) is 19.2 Å². The Hall–Kier alpha value is -3.71. The van der Waals surface area contributed by atoms with E-state index in [-0.39, 0.29) is 11.3 Å². The number of halogens is 1. The molecule has 0 aliphatic rings. The molecule has 0 unspecified atom stereocenters. The van der Waals surface area contributed by atoms with Crippen LogP contribution in [0.5, 0.6) is 5.75 Å². The molecule has 0 fully saturated rings. The lowest BCUT2D eigenvalue weighted by Gasteiger charge is -2.12. The minimum atomic E-state index is -0.617. The number of methoxy groups -OCH3 is 1. The topological polar surface area (TPSA) is 88.2 Å². The summed E-state index contributed by atoms with van der Waals surface area (Å²) in [5, 5.41) is 11.6. The van der Waals surface area contributed by atoms with Crippen molar-refractivity contribution in [3.05, 3.63) is 77.6 Å². The van der Waals surface area contributed by atoms with E-state index in [0.717, 1.165) is 32.8 Å². The first-order valence-electron chi connectivity index (χ1n) is 9.08. The highest BCUT2D eigenvalue weighted by atomic mass is 32.1. The Morgan fingerprint density at radius 2 is 1.97 bits per heavy atom. The number of rotatable bonds is 5. The van der Waals surface area contributed by atoms with Gasteiger partial charge >= 0.3 is 0 Å². The lowest BCUT2D eigenvalue weighted by molar-refractivity contribution is 0.102. The number of anilines is 2. The Bertz CT molecular complexity index is 1250. The van der Waals surface area contributed by atoms with Crippen molar-refractivity contribution in [1.82, 2.24) is 0 Å². The number of benzene rings is 3. The highest BCUT2D eigenvalue weighted by molar-refractivity contribution is 7.22. The van der Waals surface area contributed by atoms with Crippen molar-refractivity contribution < 1.29 is 13.9 Å². The van der Waals surface area contributed by atoms with E-state index in [4.69, 9.17) is 15.9 Å². The second-order valence-corrected chi connectivity index (χ2v) is 7.71. The number of nitrogen functional groups attached to an aromatic ring is 1. The number of ether oxygens (including phenoxy) is 1. The molecule has 1 heterocycles. The van der Waals surface area contributed by atoms with Crippen molar-refractivity contribution >= 4 is 44.9 Å². The van der Waals surface area contributed by atoms with Gasteiger partial charge < -0.3 is 21.2 Å². The Balaban J connectivity index is 1.72. The van der Waals surface area contributed by atoms with Crippen molar-refractivity contribution in [2.24, 2.45) is 0 Å². The Labute approximate surface area is 176 Å². The maximum absolute atomic E-state index is 14.0. The van der Waals surface area contributed by atoms with Crippen LogP contribution in [0.4, 0.5) is 15.8 Å². The lowest BCUT2D eigenvalue weighted by atomic mass is 10.0. The van der Waals surface area contributed by atoms with Crippen LogP contribution in [0.3, 0.4) is 0 Å². The first-order valence-corrected chi connectivity index (χ1v) is 9.89. The van der Waals surface area contributed by atoms with Crippen LogP contribution in [0.1, 0.15) is 15.9 Å².